The van der Waals surface area contributed by atoms with Crippen LogP contribution in [0.15, 0.2) is 48.5 Å². The second-order valence-electron chi connectivity index (χ2n) is 9.59. The topological polar surface area (TPSA) is 50.8 Å². The van der Waals surface area contributed by atoms with Gasteiger partial charge in [0.1, 0.15) is 12.4 Å². The van der Waals surface area contributed by atoms with Gasteiger partial charge >= 0.3 is 6.09 Å². The quantitative estimate of drug-likeness (QED) is 0.541. The van der Waals surface area contributed by atoms with E-state index in [0.717, 1.165) is 18.5 Å². The average Bonchev–Trinajstić information content (AvgIpc) is 3.14. The summed E-state index contributed by atoms with van der Waals surface area (Å²) in [6.07, 6.45) is 0.392. The second-order valence-corrected chi connectivity index (χ2v) is 14.3. The summed E-state index contributed by atoms with van der Waals surface area (Å²) in [5.41, 5.74) is 1.79. The van der Waals surface area contributed by atoms with E-state index < -0.39 is 14.4 Å². The van der Waals surface area contributed by atoms with Gasteiger partial charge < -0.3 is 14.1 Å². The van der Waals surface area contributed by atoms with E-state index in [1.807, 2.05) is 35.2 Å². The van der Waals surface area contributed by atoms with Crippen LogP contribution in [0.25, 0.3) is 0 Å². The number of ether oxygens (including phenoxy) is 1. The predicted molar refractivity (Wildman–Crippen MR) is 126 cm³/mol. The lowest BCUT2D eigenvalue weighted by molar-refractivity contribution is 0.155. The molecule has 1 N–H and O–H groups in total. The first-order valence-electron chi connectivity index (χ1n) is 10.8. The Morgan fingerprint density at radius 2 is 1.90 bits per heavy atom. The molecule has 0 aliphatic carbocycles. The Kier molecular flexibility index (Phi) is 7.06. The number of nitrogens with zero attached hydrogens (tertiary/aromatic N) is 1. The number of anilines is 2. The summed E-state index contributed by atoms with van der Waals surface area (Å²) >= 11 is 0. The highest BCUT2D eigenvalue weighted by Gasteiger charge is 2.40. The van der Waals surface area contributed by atoms with Gasteiger partial charge in [0.2, 0.25) is 0 Å². The van der Waals surface area contributed by atoms with Crippen molar-refractivity contribution in [2.75, 3.05) is 23.3 Å². The molecule has 3 rings (SSSR count). The fourth-order valence-electron chi connectivity index (χ4n) is 3.35. The highest BCUT2D eigenvalue weighted by molar-refractivity contribution is 6.74. The van der Waals surface area contributed by atoms with Gasteiger partial charge in [-0.2, -0.15) is 0 Å². The number of benzene rings is 2. The Labute approximate surface area is 185 Å². The van der Waals surface area contributed by atoms with Crippen LogP contribution in [-0.4, -0.2) is 33.6 Å². The molecular weight excluding hydrogens is 411 g/mol. The number of nitrogens with one attached hydrogen (secondary N) is 1. The first-order chi connectivity index (χ1) is 14.5. The molecule has 2 aromatic carbocycles. The molecule has 0 radical (unpaired) electrons. The zero-order valence-electron chi connectivity index (χ0n) is 19.1. The third-order valence-corrected chi connectivity index (χ3v) is 10.7. The molecule has 1 fully saturated rings. The lowest BCUT2D eigenvalue weighted by Crippen LogP contribution is -2.44. The number of amides is 1. The number of carbonyl (C=O) groups excluding carboxylic acids is 1. The third-order valence-electron chi connectivity index (χ3n) is 6.16. The molecule has 2 aromatic rings. The molecule has 1 heterocycles. The molecule has 1 saturated heterocycles. The highest BCUT2D eigenvalue weighted by atomic mass is 28.4. The molecule has 0 spiro atoms. The van der Waals surface area contributed by atoms with Crippen LogP contribution >= 0.6 is 0 Å². The summed E-state index contributed by atoms with van der Waals surface area (Å²) in [6.45, 7) is 12.8. The fraction of sp³-hybridized carbons (Fsp3) is 0.458. The van der Waals surface area contributed by atoms with E-state index in [2.05, 4.69) is 39.2 Å². The Morgan fingerprint density at radius 3 is 2.55 bits per heavy atom. The van der Waals surface area contributed by atoms with E-state index in [0.29, 0.717) is 17.9 Å². The molecule has 0 saturated carbocycles. The van der Waals surface area contributed by atoms with Crippen molar-refractivity contribution in [3.05, 3.63) is 59.9 Å². The number of hydrogen-bond acceptors (Lipinski definition) is 4. The van der Waals surface area contributed by atoms with Gasteiger partial charge in [-0.3, -0.25) is 5.32 Å². The Bertz CT molecular complexity index is 899. The van der Waals surface area contributed by atoms with Gasteiger partial charge in [-0.1, -0.05) is 51.1 Å². The van der Waals surface area contributed by atoms with Gasteiger partial charge in [0.15, 0.2) is 8.32 Å². The number of carbonyl (C=O) groups is 1. The van der Waals surface area contributed by atoms with Crippen molar-refractivity contribution < 1.29 is 18.3 Å². The molecule has 168 valence electrons. The molecule has 1 unspecified atom stereocenters. The van der Waals surface area contributed by atoms with Gasteiger partial charge in [0.25, 0.3) is 0 Å². The predicted octanol–water partition coefficient (Wildman–Crippen LogP) is 6.17. The van der Waals surface area contributed by atoms with Gasteiger partial charge in [-0.25, -0.2) is 9.18 Å². The zero-order valence-corrected chi connectivity index (χ0v) is 20.1. The van der Waals surface area contributed by atoms with Crippen molar-refractivity contribution in [3.8, 4) is 0 Å². The van der Waals surface area contributed by atoms with Gasteiger partial charge in [0, 0.05) is 18.8 Å². The molecule has 31 heavy (non-hydrogen) atoms. The van der Waals surface area contributed by atoms with Crippen molar-refractivity contribution in [2.24, 2.45) is 0 Å². The molecule has 1 atom stereocenters. The van der Waals surface area contributed by atoms with Crippen LogP contribution in [0.4, 0.5) is 20.6 Å². The van der Waals surface area contributed by atoms with E-state index in [1.54, 1.807) is 12.1 Å². The maximum Gasteiger partial charge on any atom is 0.411 e. The Hall–Kier alpha value is -2.38. The summed E-state index contributed by atoms with van der Waals surface area (Å²) < 4.78 is 26.5. The second kappa shape index (κ2) is 9.40. The van der Waals surface area contributed by atoms with Crippen molar-refractivity contribution in [2.45, 2.75) is 58.0 Å². The molecule has 1 aliphatic rings. The van der Waals surface area contributed by atoms with Gasteiger partial charge in [-0.05, 0) is 48.3 Å². The molecule has 1 aliphatic heterocycles. The standard InChI is InChI=1S/C24H33FN2O3Si/c1-24(2,3)31(4,5)30-20-13-14-27(16-20)22-12-11-19(15-21(22)25)26-23(28)29-17-18-9-7-6-8-10-18/h6-12,15,20H,13-14,16-17H2,1-5H3,(H,26,28). The van der Waals surface area contributed by atoms with E-state index in [1.165, 1.54) is 6.07 Å². The SMILES string of the molecule is CC(C)(C)[Si](C)(C)OC1CCN(c2ccc(NC(=O)OCc3ccccc3)cc2F)C1. The number of hydrogen-bond donors (Lipinski definition) is 1. The minimum atomic E-state index is -1.86. The molecule has 0 aromatic heterocycles. The molecule has 1 amide bonds. The van der Waals surface area contributed by atoms with Crippen molar-refractivity contribution in [1.82, 2.24) is 0 Å². The van der Waals surface area contributed by atoms with Crippen molar-refractivity contribution >= 4 is 25.8 Å². The molecule has 5 nitrogen and oxygen atoms in total. The van der Waals surface area contributed by atoms with Crippen molar-refractivity contribution in [3.63, 3.8) is 0 Å². The number of halogens is 1. The summed E-state index contributed by atoms with van der Waals surface area (Å²) in [4.78, 5) is 14.0. The van der Waals surface area contributed by atoms with Crippen LogP contribution in [0, 0.1) is 5.82 Å². The smallest absolute Gasteiger partial charge is 0.411 e. The summed E-state index contributed by atoms with van der Waals surface area (Å²) in [7, 11) is -1.86. The van der Waals surface area contributed by atoms with Gasteiger partial charge in [0.05, 0.1) is 11.8 Å². The molecular formula is C24H33FN2O3Si. The zero-order chi connectivity index (χ0) is 22.6. The highest BCUT2D eigenvalue weighted by Crippen LogP contribution is 2.38. The van der Waals surface area contributed by atoms with Crippen LogP contribution in [0.1, 0.15) is 32.8 Å². The van der Waals surface area contributed by atoms with Crippen LogP contribution in [0.2, 0.25) is 18.1 Å². The van der Waals surface area contributed by atoms with Crippen LogP contribution in [-0.2, 0) is 15.8 Å². The first-order valence-corrected chi connectivity index (χ1v) is 13.7. The largest absolute Gasteiger partial charge is 0.444 e. The summed E-state index contributed by atoms with van der Waals surface area (Å²) in [6, 6.07) is 14.1. The lowest BCUT2D eigenvalue weighted by Gasteiger charge is -2.38. The normalized spacial score (nSPS) is 17.0. The van der Waals surface area contributed by atoms with E-state index in [4.69, 9.17) is 9.16 Å². The van der Waals surface area contributed by atoms with Crippen LogP contribution in [0.3, 0.4) is 0 Å². The van der Waals surface area contributed by atoms with Crippen LogP contribution < -0.4 is 10.2 Å². The Balaban J connectivity index is 1.55. The third kappa shape index (κ3) is 6.08. The maximum absolute atomic E-state index is 14.8. The van der Waals surface area contributed by atoms with E-state index in [-0.39, 0.29) is 23.6 Å². The Morgan fingerprint density at radius 1 is 1.19 bits per heavy atom. The molecule has 7 heteroatoms. The minimum Gasteiger partial charge on any atom is -0.444 e. The monoisotopic (exact) mass is 444 g/mol. The van der Waals surface area contributed by atoms with E-state index >= 15 is 0 Å². The van der Waals surface area contributed by atoms with Crippen LogP contribution in [0.5, 0.6) is 0 Å². The average molecular weight is 445 g/mol. The van der Waals surface area contributed by atoms with Gasteiger partial charge in [-0.15, -0.1) is 0 Å². The first kappa shape index (κ1) is 23.3. The minimum absolute atomic E-state index is 0.117. The number of rotatable bonds is 6. The van der Waals surface area contributed by atoms with E-state index in [9.17, 15) is 9.18 Å². The summed E-state index contributed by atoms with van der Waals surface area (Å²) in [5, 5.41) is 2.74. The summed E-state index contributed by atoms with van der Waals surface area (Å²) in [5.74, 6) is -0.367. The maximum atomic E-state index is 14.8. The lowest BCUT2D eigenvalue weighted by atomic mass is 10.2. The molecule has 0 bridgehead atoms. The van der Waals surface area contributed by atoms with Crippen molar-refractivity contribution in [1.29, 1.82) is 0 Å². The fourth-order valence-corrected chi connectivity index (χ4v) is 4.73.